The van der Waals surface area contributed by atoms with Crippen molar-refractivity contribution in [2.75, 3.05) is 7.05 Å². The number of nitrogens with two attached hydrogens (primary N) is 1. The molecular formula is CH5NOZn. The topological polar surface area (TPSA) is 43.1 Å². The van der Waals surface area contributed by atoms with Gasteiger partial charge in [-0.05, 0) is 7.05 Å². The molecule has 0 aromatic carbocycles. The molecule has 0 unspecified atom stereocenters. The average molecular weight is 112 g/mol. The quantitative estimate of drug-likeness (QED) is 0.428. The summed E-state index contributed by atoms with van der Waals surface area (Å²) in [5.41, 5.74) is 4.50. The Balaban J connectivity index is 0. The van der Waals surface area contributed by atoms with E-state index < -0.39 is 0 Å². The van der Waals surface area contributed by atoms with Gasteiger partial charge in [-0.1, -0.05) is 0 Å². The van der Waals surface area contributed by atoms with Crippen LogP contribution in [0.1, 0.15) is 0 Å². The number of hydrogen-bond donors (Lipinski definition) is 1. The van der Waals surface area contributed by atoms with Gasteiger partial charge in [0.15, 0.2) is 0 Å². The van der Waals surface area contributed by atoms with E-state index in [1.807, 2.05) is 0 Å². The van der Waals surface area contributed by atoms with Gasteiger partial charge in [-0.15, -0.1) is 0 Å². The van der Waals surface area contributed by atoms with Crippen LogP contribution >= 0.6 is 0 Å². The molecule has 0 heterocycles. The van der Waals surface area contributed by atoms with E-state index in [0.29, 0.717) is 0 Å². The van der Waals surface area contributed by atoms with Gasteiger partial charge in [-0.3, -0.25) is 0 Å². The predicted octanol–water partition coefficient (Wildman–Crippen LogP) is -0.546. The molecule has 2 nitrogen and oxygen atoms in total. The maximum atomic E-state index is 8.38. The molecule has 0 saturated heterocycles. The van der Waals surface area contributed by atoms with Gasteiger partial charge in [0.25, 0.3) is 0 Å². The zero-order valence-corrected chi connectivity index (χ0v) is 5.66. The molecule has 0 aromatic heterocycles. The summed E-state index contributed by atoms with van der Waals surface area (Å²) in [6, 6.07) is 0. The summed E-state index contributed by atoms with van der Waals surface area (Å²) in [7, 11) is 1.50. The van der Waals surface area contributed by atoms with Crippen LogP contribution in [0.25, 0.3) is 0 Å². The van der Waals surface area contributed by atoms with Crippen LogP contribution in [0, 0.1) is 0 Å². The second-order valence-corrected chi connectivity index (χ2v) is 0. The zero-order chi connectivity index (χ0) is 4.00. The van der Waals surface area contributed by atoms with E-state index >= 15 is 0 Å². The molecule has 0 spiro atoms. The SMILES string of the molecule is CN.[O]=[Zn]. The zero-order valence-electron chi connectivity index (χ0n) is 2.69. The van der Waals surface area contributed by atoms with Crippen molar-refractivity contribution >= 4 is 0 Å². The normalized spacial score (nSPS) is 3.00. The molecule has 2 N–H and O–H groups in total. The van der Waals surface area contributed by atoms with E-state index in [-0.39, 0.29) is 18.3 Å². The van der Waals surface area contributed by atoms with Crippen molar-refractivity contribution in [2.24, 2.45) is 5.73 Å². The molecule has 3 heteroatoms. The van der Waals surface area contributed by atoms with Gasteiger partial charge in [-0.25, -0.2) is 0 Å². The van der Waals surface area contributed by atoms with Crippen LogP contribution in [0.3, 0.4) is 0 Å². The average Bonchev–Trinajstić information content (AvgIpc) is 1.50. The third kappa shape index (κ3) is 31.0. The molecule has 0 aliphatic heterocycles. The first kappa shape index (κ1) is 8.83. The first-order chi connectivity index (χ1) is 2.00. The molecule has 0 bridgehead atoms. The van der Waals surface area contributed by atoms with E-state index in [1.54, 1.807) is 0 Å². The Morgan fingerprint density at radius 2 is 1.50 bits per heavy atom. The van der Waals surface area contributed by atoms with Crippen LogP contribution in [0.15, 0.2) is 0 Å². The van der Waals surface area contributed by atoms with Crippen LogP contribution < -0.4 is 5.73 Å². The summed E-state index contributed by atoms with van der Waals surface area (Å²) in [6.45, 7) is 0. The number of rotatable bonds is 0. The fourth-order valence-corrected chi connectivity index (χ4v) is 0. The molecule has 0 aliphatic carbocycles. The second kappa shape index (κ2) is 131. The number of hydrogen-bond acceptors (Lipinski definition) is 2. The van der Waals surface area contributed by atoms with E-state index in [4.69, 9.17) is 3.57 Å². The molecule has 0 rings (SSSR count). The van der Waals surface area contributed by atoms with Crippen LogP contribution in [0.2, 0.25) is 0 Å². The van der Waals surface area contributed by atoms with Gasteiger partial charge >= 0.3 is 21.8 Å². The maximum absolute atomic E-state index is 8.38. The first-order valence-corrected chi connectivity index (χ1v) is 2.08. The van der Waals surface area contributed by atoms with E-state index in [0.717, 1.165) is 0 Å². The van der Waals surface area contributed by atoms with Gasteiger partial charge < -0.3 is 5.73 Å². The fourth-order valence-electron chi connectivity index (χ4n) is 0. The Hall–Kier alpha value is 0.383. The van der Waals surface area contributed by atoms with Gasteiger partial charge in [0.1, 0.15) is 0 Å². The van der Waals surface area contributed by atoms with Crippen molar-refractivity contribution < 1.29 is 21.8 Å². The molecule has 0 fully saturated rings. The Morgan fingerprint density at radius 1 is 1.50 bits per heavy atom. The second-order valence-electron chi connectivity index (χ2n) is 0. The predicted molar refractivity (Wildman–Crippen MR) is 10.8 cm³/mol. The third-order valence-electron chi connectivity index (χ3n) is 0. The van der Waals surface area contributed by atoms with Gasteiger partial charge in [0, 0.05) is 0 Å². The molecule has 0 radical (unpaired) electrons. The van der Waals surface area contributed by atoms with Crippen molar-refractivity contribution in [3.63, 3.8) is 0 Å². The van der Waals surface area contributed by atoms with Crippen molar-refractivity contribution in [3.05, 3.63) is 0 Å². The van der Waals surface area contributed by atoms with Gasteiger partial charge in [-0.2, -0.15) is 0 Å². The Labute approximate surface area is 35.3 Å². The van der Waals surface area contributed by atoms with E-state index in [1.165, 1.54) is 7.05 Å². The van der Waals surface area contributed by atoms with Crippen molar-refractivity contribution in [2.45, 2.75) is 0 Å². The van der Waals surface area contributed by atoms with Crippen molar-refractivity contribution in [3.8, 4) is 0 Å². The monoisotopic (exact) mass is 111 g/mol. The molecule has 0 amide bonds. The summed E-state index contributed by atoms with van der Waals surface area (Å²) >= 11 is 0.125. The summed E-state index contributed by atoms with van der Waals surface area (Å²) < 4.78 is 8.38. The first-order valence-electron chi connectivity index (χ1n) is 0.866. The molecule has 0 aliphatic rings. The van der Waals surface area contributed by atoms with Gasteiger partial charge in [0.05, 0.1) is 0 Å². The van der Waals surface area contributed by atoms with E-state index in [2.05, 4.69) is 5.73 Å². The van der Waals surface area contributed by atoms with Crippen LogP contribution in [-0.2, 0) is 21.8 Å². The molecular weight excluding hydrogens is 107 g/mol. The summed E-state index contributed by atoms with van der Waals surface area (Å²) in [5, 5.41) is 0. The molecule has 0 saturated carbocycles. The third-order valence-corrected chi connectivity index (χ3v) is 0. The summed E-state index contributed by atoms with van der Waals surface area (Å²) in [5.74, 6) is 0. The molecule has 4 heavy (non-hydrogen) atoms. The van der Waals surface area contributed by atoms with Crippen LogP contribution in [0.4, 0.5) is 0 Å². The van der Waals surface area contributed by atoms with Crippen LogP contribution in [0.5, 0.6) is 0 Å². The summed E-state index contributed by atoms with van der Waals surface area (Å²) in [4.78, 5) is 0. The van der Waals surface area contributed by atoms with Crippen LogP contribution in [-0.4, -0.2) is 7.05 Å². The molecule has 0 atom stereocenters. The molecule has 22 valence electrons. The Bertz CT molecular complexity index is 8.00. The van der Waals surface area contributed by atoms with Crippen molar-refractivity contribution in [1.29, 1.82) is 0 Å². The Kier molecular flexibility index (Phi) is 289. The standard InChI is InChI=1S/CH5N.O.Zn/c1-2;;/h2H2,1H3;;. The van der Waals surface area contributed by atoms with E-state index in [9.17, 15) is 0 Å². The Morgan fingerprint density at radius 3 is 1.50 bits per heavy atom. The van der Waals surface area contributed by atoms with Crippen molar-refractivity contribution in [1.82, 2.24) is 0 Å². The summed E-state index contributed by atoms with van der Waals surface area (Å²) in [6.07, 6.45) is 0. The fraction of sp³-hybridized carbons (Fsp3) is 1.00. The molecule has 0 aromatic rings. The minimum atomic E-state index is 0.125. The minimum absolute atomic E-state index is 0.125. The van der Waals surface area contributed by atoms with Gasteiger partial charge in [0.2, 0.25) is 0 Å².